The van der Waals surface area contributed by atoms with Crippen LogP contribution >= 0.6 is 11.6 Å². The lowest BCUT2D eigenvalue weighted by Crippen LogP contribution is -2.09. The standard InChI is InChI=1S/C17H11ClF3N3O2/c1-24-8-23-14(13-6-9(16(25)26)4-5-22-13)15(24)11-3-2-10(18)7-12(11)17(19,20)21/h2-8H,1H3,(H,25,26). The summed E-state index contributed by atoms with van der Waals surface area (Å²) in [6.07, 6.45) is -2.02. The number of aromatic carboxylic acids is 1. The molecule has 0 aliphatic heterocycles. The summed E-state index contributed by atoms with van der Waals surface area (Å²) in [6.45, 7) is 0. The number of carbonyl (C=O) groups is 1. The van der Waals surface area contributed by atoms with Gasteiger partial charge in [0, 0.05) is 23.8 Å². The van der Waals surface area contributed by atoms with Crippen LogP contribution in [0.15, 0.2) is 42.9 Å². The number of hydrogen-bond donors (Lipinski definition) is 1. The molecule has 1 N–H and O–H groups in total. The van der Waals surface area contributed by atoms with Crippen molar-refractivity contribution in [1.29, 1.82) is 0 Å². The Balaban J connectivity index is 2.26. The highest BCUT2D eigenvalue weighted by atomic mass is 35.5. The number of imidazole rings is 1. The smallest absolute Gasteiger partial charge is 0.417 e. The first-order chi connectivity index (χ1) is 12.2. The molecule has 0 radical (unpaired) electrons. The molecule has 0 aliphatic carbocycles. The van der Waals surface area contributed by atoms with Gasteiger partial charge in [-0.25, -0.2) is 9.78 Å². The lowest BCUT2D eigenvalue weighted by molar-refractivity contribution is -0.137. The van der Waals surface area contributed by atoms with Gasteiger partial charge in [0.1, 0.15) is 5.69 Å². The number of carboxylic acid groups (broad SMARTS) is 1. The van der Waals surface area contributed by atoms with E-state index in [4.69, 9.17) is 16.7 Å². The third kappa shape index (κ3) is 3.28. The van der Waals surface area contributed by atoms with Crippen molar-refractivity contribution in [3.8, 4) is 22.6 Å². The third-order valence-electron chi connectivity index (χ3n) is 3.73. The van der Waals surface area contributed by atoms with Crippen LogP contribution in [-0.4, -0.2) is 25.6 Å². The molecular formula is C17H11ClF3N3O2. The van der Waals surface area contributed by atoms with Gasteiger partial charge in [0.05, 0.1) is 28.8 Å². The highest BCUT2D eigenvalue weighted by molar-refractivity contribution is 6.30. The zero-order valence-corrected chi connectivity index (χ0v) is 14.0. The van der Waals surface area contributed by atoms with Crippen LogP contribution in [0, 0.1) is 0 Å². The fraction of sp³-hybridized carbons (Fsp3) is 0.118. The molecule has 1 aromatic carbocycles. The first-order valence-corrected chi connectivity index (χ1v) is 7.64. The van der Waals surface area contributed by atoms with Crippen LogP contribution in [0.5, 0.6) is 0 Å². The minimum atomic E-state index is -4.63. The number of pyridine rings is 1. The average Bonchev–Trinajstić information content (AvgIpc) is 2.96. The first-order valence-electron chi connectivity index (χ1n) is 7.26. The van der Waals surface area contributed by atoms with E-state index in [-0.39, 0.29) is 33.2 Å². The number of hydrogen-bond acceptors (Lipinski definition) is 3. The number of benzene rings is 1. The Bertz CT molecular complexity index is 999. The van der Waals surface area contributed by atoms with Crippen molar-refractivity contribution in [2.45, 2.75) is 6.18 Å². The van der Waals surface area contributed by atoms with E-state index in [0.717, 1.165) is 6.07 Å². The number of aromatic nitrogens is 3. The molecule has 0 aliphatic rings. The van der Waals surface area contributed by atoms with Crippen LogP contribution < -0.4 is 0 Å². The van der Waals surface area contributed by atoms with E-state index < -0.39 is 17.7 Å². The highest BCUT2D eigenvalue weighted by Gasteiger charge is 2.35. The molecule has 0 saturated carbocycles. The van der Waals surface area contributed by atoms with Crippen LogP contribution in [0.25, 0.3) is 22.6 Å². The van der Waals surface area contributed by atoms with E-state index in [2.05, 4.69) is 9.97 Å². The number of aryl methyl sites for hydroxylation is 1. The average molecular weight is 382 g/mol. The summed E-state index contributed by atoms with van der Waals surface area (Å²) < 4.78 is 41.8. The first kappa shape index (κ1) is 17.9. The third-order valence-corrected chi connectivity index (χ3v) is 3.96. The molecule has 2 aromatic heterocycles. The van der Waals surface area contributed by atoms with Crippen molar-refractivity contribution in [3.05, 3.63) is 59.0 Å². The van der Waals surface area contributed by atoms with Crippen molar-refractivity contribution < 1.29 is 23.1 Å². The Morgan fingerprint density at radius 3 is 2.58 bits per heavy atom. The highest BCUT2D eigenvalue weighted by Crippen LogP contribution is 2.41. The largest absolute Gasteiger partial charge is 0.478 e. The van der Waals surface area contributed by atoms with Crippen molar-refractivity contribution in [2.24, 2.45) is 7.05 Å². The van der Waals surface area contributed by atoms with Crippen molar-refractivity contribution >= 4 is 17.6 Å². The molecule has 0 fully saturated rings. The van der Waals surface area contributed by atoms with Gasteiger partial charge in [-0.15, -0.1) is 0 Å². The predicted molar refractivity (Wildman–Crippen MR) is 88.8 cm³/mol. The van der Waals surface area contributed by atoms with Gasteiger partial charge in [-0.1, -0.05) is 17.7 Å². The van der Waals surface area contributed by atoms with E-state index in [9.17, 15) is 18.0 Å². The Labute approximate surface area is 150 Å². The van der Waals surface area contributed by atoms with Gasteiger partial charge in [-0.3, -0.25) is 4.98 Å². The van der Waals surface area contributed by atoms with Crippen LogP contribution in [0.3, 0.4) is 0 Å². The van der Waals surface area contributed by atoms with E-state index in [1.54, 1.807) is 7.05 Å². The number of carboxylic acids is 1. The molecule has 0 atom stereocenters. The summed E-state index contributed by atoms with van der Waals surface area (Å²) in [6, 6.07) is 6.00. The zero-order valence-electron chi connectivity index (χ0n) is 13.3. The number of alkyl halides is 3. The Kier molecular flexibility index (Phi) is 4.45. The van der Waals surface area contributed by atoms with Gasteiger partial charge in [-0.2, -0.15) is 13.2 Å². The van der Waals surface area contributed by atoms with Crippen molar-refractivity contribution in [2.75, 3.05) is 0 Å². The van der Waals surface area contributed by atoms with E-state index in [1.807, 2.05) is 0 Å². The molecule has 3 aromatic rings. The Morgan fingerprint density at radius 2 is 1.92 bits per heavy atom. The summed E-state index contributed by atoms with van der Waals surface area (Å²) in [7, 11) is 1.54. The molecular weight excluding hydrogens is 371 g/mol. The fourth-order valence-corrected chi connectivity index (χ4v) is 2.76. The minimum absolute atomic E-state index is 0.0428. The maximum Gasteiger partial charge on any atom is 0.417 e. The number of halogens is 4. The molecule has 0 bridgehead atoms. The van der Waals surface area contributed by atoms with E-state index in [0.29, 0.717) is 0 Å². The quantitative estimate of drug-likeness (QED) is 0.724. The lowest BCUT2D eigenvalue weighted by Gasteiger charge is -2.15. The number of rotatable bonds is 3. The zero-order chi connectivity index (χ0) is 19.1. The molecule has 5 nitrogen and oxygen atoms in total. The SMILES string of the molecule is Cn1cnc(-c2cc(C(=O)O)ccn2)c1-c1ccc(Cl)cc1C(F)(F)F. The van der Waals surface area contributed by atoms with Crippen molar-refractivity contribution in [1.82, 2.24) is 14.5 Å². The van der Waals surface area contributed by atoms with Crippen molar-refractivity contribution in [3.63, 3.8) is 0 Å². The molecule has 9 heteroatoms. The number of nitrogens with zero attached hydrogens (tertiary/aromatic N) is 3. The van der Waals surface area contributed by atoms with Crippen LogP contribution in [0.2, 0.25) is 5.02 Å². The summed E-state index contributed by atoms with van der Waals surface area (Å²) in [5.74, 6) is -1.17. The Morgan fingerprint density at radius 1 is 1.19 bits per heavy atom. The van der Waals surface area contributed by atoms with Crippen LogP contribution in [-0.2, 0) is 13.2 Å². The molecule has 26 heavy (non-hydrogen) atoms. The molecule has 3 rings (SSSR count). The van der Waals surface area contributed by atoms with Gasteiger partial charge >= 0.3 is 12.1 Å². The monoisotopic (exact) mass is 381 g/mol. The molecule has 0 spiro atoms. The maximum atomic E-state index is 13.5. The van der Waals surface area contributed by atoms with Gasteiger partial charge in [0.25, 0.3) is 0 Å². The summed E-state index contributed by atoms with van der Waals surface area (Å²) >= 11 is 5.74. The second-order valence-corrected chi connectivity index (χ2v) is 5.91. The van der Waals surface area contributed by atoms with Crippen LogP contribution in [0.1, 0.15) is 15.9 Å². The van der Waals surface area contributed by atoms with Gasteiger partial charge in [0.2, 0.25) is 0 Å². The summed E-state index contributed by atoms with van der Waals surface area (Å²) in [4.78, 5) is 19.3. The second-order valence-electron chi connectivity index (χ2n) is 5.48. The summed E-state index contributed by atoms with van der Waals surface area (Å²) in [5.41, 5.74) is -0.626. The van der Waals surface area contributed by atoms with Crippen LogP contribution in [0.4, 0.5) is 13.2 Å². The normalized spacial score (nSPS) is 11.6. The van der Waals surface area contributed by atoms with Gasteiger partial charge in [0.15, 0.2) is 0 Å². The molecule has 0 saturated heterocycles. The molecule has 134 valence electrons. The minimum Gasteiger partial charge on any atom is -0.478 e. The maximum absolute atomic E-state index is 13.5. The van der Waals surface area contributed by atoms with E-state index >= 15 is 0 Å². The fourth-order valence-electron chi connectivity index (χ4n) is 2.59. The Hall–Kier alpha value is -2.87. The summed E-state index contributed by atoms with van der Waals surface area (Å²) in [5, 5.41) is 9.07. The molecule has 0 amide bonds. The van der Waals surface area contributed by atoms with Gasteiger partial charge in [-0.05, 0) is 24.3 Å². The molecule has 2 heterocycles. The van der Waals surface area contributed by atoms with E-state index in [1.165, 1.54) is 41.4 Å². The predicted octanol–water partition coefficient (Wildman–Crippen LogP) is 4.52. The lowest BCUT2D eigenvalue weighted by atomic mass is 10.0. The molecule has 0 unspecified atom stereocenters. The van der Waals surface area contributed by atoms with Gasteiger partial charge < -0.3 is 9.67 Å². The second kappa shape index (κ2) is 6.45. The topological polar surface area (TPSA) is 68.0 Å².